The highest BCUT2D eigenvalue weighted by molar-refractivity contribution is 9.10. The summed E-state index contributed by atoms with van der Waals surface area (Å²) >= 11 is 3.38. The van der Waals surface area contributed by atoms with Gasteiger partial charge in [0.25, 0.3) is 0 Å². The zero-order chi connectivity index (χ0) is 15.2. The van der Waals surface area contributed by atoms with Gasteiger partial charge in [-0.1, -0.05) is 60.7 Å². The SMILES string of the molecule is Brc1cnc(N(Cc2ccccc2)Cc2ccccc2)nc1. The van der Waals surface area contributed by atoms with Crippen molar-refractivity contribution in [2.45, 2.75) is 13.1 Å². The predicted octanol–water partition coefficient (Wildman–Crippen LogP) is 4.45. The number of rotatable bonds is 5. The van der Waals surface area contributed by atoms with E-state index in [2.05, 4.69) is 79.3 Å². The van der Waals surface area contributed by atoms with Gasteiger partial charge in [-0.25, -0.2) is 9.97 Å². The fourth-order valence-corrected chi connectivity index (χ4v) is 2.48. The molecule has 0 saturated heterocycles. The van der Waals surface area contributed by atoms with Crippen molar-refractivity contribution in [3.05, 3.63) is 88.7 Å². The molecule has 0 spiro atoms. The van der Waals surface area contributed by atoms with Gasteiger partial charge in [0, 0.05) is 25.5 Å². The summed E-state index contributed by atoms with van der Waals surface area (Å²) in [7, 11) is 0. The van der Waals surface area contributed by atoms with Crippen LogP contribution in [0.25, 0.3) is 0 Å². The Balaban J connectivity index is 1.86. The van der Waals surface area contributed by atoms with Crippen molar-refractivity contribution in [3.63, 3.8) is 0 Å². The predicted molar refractivity (Wildman–Crippen MR) is 92.5 cm³/mol. The minimum Gasteiger partial charge on any atom is -0.332 e. The molecule has 0 bridgehead atoms. The largest absolute Gasteiger partial charge is 0.332 e. The van der Waals surface area contributed by atoms with Gasteiger partial charge < -0.3 is 4.90 Å². The van der Waals surface area contributed by atoms with Gasteiger partial charge in [-0.3, -0.25) is 0 Å². The Morgan fingerprint density at radius 1 is 0.727 bits per heavy atom. The molecule has 3 nitrogen and oxygen atoms in total. The van der Waals surface area contributed by atoms with E-state index in [1.807, 2.05) is 12.1 Å². The Kier molecular flexibility index (Phi) is 4.81. The maximum atomic E-state index is 4.44. The Morgan fingerprint density at radius 2 is 1.18 bits per heavy atom. The van der Waals surface area contributed by atoms with Crippen LogP contribution >= 0.6 is 15.9 Å². The van der Waals surface area contributed by atoms with E-state index in [1.54, 1.807) is 12.4 Å². The number of anilines is 1. The third kappa shape index (κ3) is 3.92. The van der Waals surface area contributed by atoms with E-state index in [0.29, 0.717) is 0 Å². The number of aromatic nitrogens is 2. The Morgan fingerprint density at radius 3 is 1.64 bits per heavy atom. The summed E-state index contributed by atoms with van der Waals surface area (Å²) < 4.78 is 0.885. The minimum absolute atomic E-state index is 0.732. The topological polar surface area (TPSA) is 29.0 Å². The average Bonchev–Trinajstić information content (AvgIpc) is 2.57. The number of benzene rings is 2. The van der Waals surface area contributed by atoms with E-state index in [9.17, 15) is 0 Å². The van der Waals surface area contributed by atoms with Crippen LogP contribution in [0.15, 0.2) is 77.5 Å². The molecule has 1 aromatic heterocycles. The van der Waals surface area contributed by atoms with E-state index in [1.165, 1.54) is 11.1 Å². The van der Waals surface area contributed by atoms with E-state index < -0.39 is 0 Å². The molecule has 1 heterocycles. The van der Waals surface area contributed by atoms with Gasteiger partial charge in [-0.15, -0.1) is 0 Å². The zero-order valence-electron chi connectivity index (χ0n) is 12.1. The summed E-state index contributed by atoms with van der Waals surface area (Å²) in [5.74, 6) is 0.732. The second kappa shape index (κ2) is 7.18. The van der Waals surface area contributed by atoms with Crippen LogP contribution in [-0.2, 0) is 13.1 Å². The van der Waals surface area contributed by atoms with E-state index in [-0.39, 0.29) is 0 Å². The lowest BCUT2D eigenvalue weighted by molar-refractivity contribution is 0.762. The molecule has 22 heavy (non-hydrogen) atoms. The molecule has 0 fully saturated rings. The highest BCUT2D eigenvalue weighted by Crippen LogP contribution is 2.17. The van der Waals surface area contributed by atoms with Gasteiger partial charge in [0.2, 0.25) is 5.95 Å². The van der Waals surface area contributed by atoms with Crippen LogP contribution in [0.5, 0.6) is 0 Å². The maximum Gasteiger partial charge on any atom is 0.225 e. The summed E-state index contributed by atoms with van der Waals surface area (Å²) in [6.07, 6.45) is 3.57. The number of hydrogen-bond acceptors (Lipinski definition) is 3. The molecule has 0 aliphatic heterocycles. The van der Waals surface area contributed by atoms with Crippen LogP contribution in [0.4, 0.5) is 5.95 Å². The van der Waals surface area contributed by atoms with E-state index in [4.69, 9.17) is 0 Å². The normalized spacial score (nSPS) is 10.4. The van der Waals surface area contributed by atoms with Crippen LogP contribution in [0.2, 0.25) is 0 Å². The van der Waals surface area contributed by atoms with E-state index >= 15 is 0 Å². The van der Waals surface area contributed by atoms with Crippen molar-refractivity contribution in [1.82, 2.24) is 9.97 Å². The zero-order valence-corrected chi connectivity index (χ0v) is 13.6. The summed E-state index contributed by atoms with van der Waals surface area (Å²) in [6.45, 7) is 1.55. The van der Waals surface area contributed by atoms with Gasteiger partial charge >= 0.3 is 0 Å². The molecular weight excluding hydrogens is 338 g/mol. The summed E-state index contributed by atoms with van der Waals surface area (Å²) in [4.78, 5) is 11.1. The maximum absolute atomic E-state index is 4.44. The fraction of sp³-hybridized carbons (Fsp3) is 0.111. The lowest BCUT2D eigenvalue weighted by atomic mass is 10.2. The second-order valence-electron chi connectivity index (χ2n) is 5.03. The molecule has 0 aliphatic rings. The van der Waals surface area contributed by atoms with Crippen molar-refractivity contribution in [3.8, 4) is 0 Å². The minimum atomic E-state index is 0.732. The Bertz CT molecular complexity index is 658. The molecule has 0 unspecified atom stereocenters. The van der Waals surface area contributed by atoms with Gasteiger partial charge in [0.1, 0.15) is 0 Å². The number of halogens is 1. The van der Waals surface area contributed by atoms with Gasteiger partial charge in [0.15, 0.2) is 0 Å². The third-order valence-corrected chi connectivity index (χ3v) is 3.73. The molecule has 3 rings (SSSR count). The van der Waals surface area contributed by atoms with E-state index in [0.717, 1.165) is 23.5 Å². The summed E-state index contributed by atoms with van der Waals surface area (Å²) in [5, 5.41) is 0. The highest BCUT2D eigenvalue weighted by atomic mass is 79.9. The monoisotopic (exact) mass is 353 g/mol. The van der Waals surface area contributed by atoms with Crippen LogP contribution in [0.3, 0.4) is 0 Å². The lowest BCUT2D eigenvalue weighted by Crippen LogP contribution is -2.24. The Labute approximate surface area is 138 Å². The number of nitrogens with zero attached hydrogens (tertiary/aromatic N) is 3. The van der Waals surface area contributed by atoms with Gasteiger partial charge in [-0.05, 0) is 27.1 Å². The van der Waals surface area contributed by atoms with Crippen molar-refractivity contribution in [2.24, 2.45) is 0 Å². The van der Waals surface area contributed by atoms with Crippen LogP contribution in [0, 0.1) is 0 Å². The molecule has 0 saturated carbocycles. The van der Waals surface area contributed by atoms with Gasteiger partial charge in [0.05, 0.1) is 4.47 Å². The van der Waals surface area contributed by atoms with Crippen molar-refractivity contribution >= 4 is 21.9 Å². The molecule has 3 aromatic rings. The van der Waals surface area contributed by atoms with Crippen LogP contribution in [-0.4, -0.2) is 9.97 Å². The van der Waals surface area contributed by atoms with Crippen molar-refractivity contribution in [2.75, 3.05) is 4.90 Å². The molecule has 0 amide bonds. The molecule has 0 N–H and O–H groups in total. The molecular formula is C18H16BrN3. The lowest BCUT2D eigenvalue weighted by Gasteiger charge is -2.23. The highest BCUT2D eigenvalue weighted by Gasteiger charge is 2.11. The third-order valence-electron chi connectivity index (χ3n) is 3.32. The first-order chi connectivity index (χ1) is 10.8. The van der Waals surface area contributed by atoms with Crippen LogP contribution < -0.4 is 4.90 Å². The molecule has 0 aliphatic carbocycles. The van der Waals surface area contributed by atoms with Crippen molar-refractivity contribution in [1.29, 1.82) is 0 Å². The van der Waals surface area contributed by atoms with Crippen molar-refractivity contribution < 1.29 is 0 Å². The smallest absolute Gasteiger partial charge is 0.225 e. The van der Waals surface area contributed by atoms with Gasteiger partial charge in [-0.2, -0.15) is 0 Å². The molecule has 0 atom stereocenters. The average molecular weight is 354 g/mol. The first-order valence-corrected chi connectivity index (χ1v) is 7.91. The first kappa shape index (κ1) is 14.7. The fourth-order valence-electron chi connectivity index (χ4n) is 2.27. The standard InChI is InChI=1S/C18H16BrN3/c19-17-11-20-18(21-12-17)22(13-15-7-3-1-4-8-15)14-16-9-5-2-6-10-16/h1-12H,13-14H2. The molecule has 110 valence electrons. The molecule has 2 aromatic carbocycles. The second-order valence-corrected chi connectivity index (χ2v) is 5.94. The van der Waals surface area contributed by atoms with Crippen LogP contribution in [0.1, 0.15) is 11.1 Å². The number of hydrogen-bond donors (Lipinski definition) is 0. The molecule has 0 radical (unpaired) electrons. The first-order valence-electron chi connectivity index (χ1n) is 7.11. The summed E-state index contributed by atoms with van der Waals surface area (Å²) in [5.41, 5.74) is 2.48. The Hall–Kier alpha value is -2.20. The molecule has 4 heteroatoms. The quantitative estimate of drug-likeness (QED) is 0.678. The summed E-state index contributed by atoms with van der Waals surface area (Å²) in [6, 6.07) is 20.8.